The number of hydrogen-bond donors (Lipinski definition) is 2. The van der Waals surface area contributed by atoms with Crippen LogP contribution < -0.4 is 10.6 Å². The summed E-state index contributed by atoms with van der Waals surface area (Å²) < 4.78 is 5.25. The Morgan fingerprint density at radius 3 is 2.62 bits per heavy atom. The normalized spacial score (nSPS) is 14.7. The van der Waals surface area contributed by atoms with Crippen molar-refractivity contribution in [2.45, 2.75) is 38.5 Å². The van der Waals surface area contributed by atoms with Gasteiger partial charge in [0.1, 0.15) is 5.76 Å². The summed E-state index contributed by atoms with van der Waals surface area (Å²) in [5.41, 5.74) is 1.55. The molecule has 2 aromatic heterocycles. The lowest BCUT2D eigenvalue weighted by Crippen LogP contribution is -2.36. The van der Waals surface area contributed by atoms with Crippen LogP contribution in [0.2, 0.25) is 0 Å². The van der Waals surface area contributed by atoms with Gasteiger partial charge in [0.15, 0.2) is 0 Å². The highest BCUT2D eigenvalue weighted by atomic mass is 16.5. The number of carbonyl (C=O) groups excluding carboxylic acids is 2. The summed E-state index contributed by atoms with van der Waals surface area (Å²) in [6, 6.07) is 5.55. The van der Waals surface area contributed by atoms with Crippen LogP contribution in [-0.4, -0.2) is 35.0 Å². The molecule has 1 aliphatic carbocycles. The largest absolute Gasteiger partial charge is 0.361 e. The van der Waals surface area contributed by atoms with E-state index in [9.17, 15) is 9.59 Å². The molecule has 138 valence electrons. The van der Waals surface area contributed by atoms with Crippen molar-refractivity contribution < 1.29 is 14.1 Å². The van der Waals surface area contributed by atoms with E-state index < -0.39 is 0 Å². The van der Waals surface area contributed by atoms with Gasteiger partial charge in [-0.3, -0.25) is 14.6 Å². The predicted molar refractivity (Wildman–Crippen MR) is 95.3 cm³/mol. The molecule has 0 spiro atoms. The van der Waals surface area contributed by atoms with Crippen molar-refractivity contribution in [2.75, 3.05) is 13.1 Å². The average Bonchev–Trinajstić information content (AvgIpc) is 3.39. The highest BCUT2D eigenvalue weighted by molar-refractivity contribution is 5.79. The van der Waals surface area contributed by atoms with E-state index in [0.29, 0.717) is 31.1 Å². The second-order valence-electron chi connectivity index (χ2n) is 6.92. The van der Waals surface area contributed by atoms with E-state index in [1.165, 1.54) is 0 Å². The van der Waals surface area contributed by atoms with Crippen LogP contribution in [-0.2, 0) is 22.4 Å². The SMILES string of the molecule is CC(CNC(=O)Cc1cccnc1)CNC(=O)Cc1cc(C2CC2)on1. The Morgan fingerprint density at radius 2 is 1.96 bits per heavy atom. The summed E-state index contributed by atoms with van der Waals surface area (Å²) in [6.45, 7) is 2.99. The van der Waals surface area contributed by atoms with Crippen molar-refractivity contribution >= 4 is 11.8 Å². The molecule has 0 bridgehead atoms. The van der Waals surface area contributed by atoms with Gasteiger partial charge in [-0.05, 0) is 30.4 Å². The van der Waals surface area contributed by atoms with Gasteiger partial charge in [-0.2, -0.15) is 0 Å². The van der Waals surface area contributed by atoms with Crippen molar-refractivity contribution in [3.05, 3.63) is 47.6 Å². The van der Waals surface area contributed by atoms with Gasteiger partial charge in [0.2, 0.25) is 11.8 Å². The van der Waals surface area contributed by atoms with Gasteiger partial charge in [0, 0.05) is 37.5 Å². The first-order valence-electron chi connectivity index (χ1n) is 8.98. The number of amides is 2. The first-order valence-corrected chi connectivity index (χ1v) is 8.98. The molecule has 1 unspecified atom stereocenters. The number of nitrogens with one attached hydrogen (secondary N) is 2. The van der Waals surface area contributed by atoms with Crippen molar-refractivity contribution in [2.24, 2.45) is 5.92 Å². The number of hydrogen-bond acceptors (Lipinski definition) is 5. The molecule has 0 aliphatic heterocycles. The van der Waals surface area contributed by atoms with Crippen LogP contribution in [0.4, 0.5) is 0 Å². The van der Waals surface area contributed by atoms with E-state index in [2.05, 4.69) is 20.8 Å². The fraction of sp³-hybridized carbons (Fsp3) is 0.474. The minimum Gasteiger partial charge on any atom is -0.361 e. The molecule has 1 saturated carbocycles. The second kappa shape index (κ2) is 8.60. The average molecular weight is 356 g/mol. The maximum atomic E-state index is 12.0. The van der Waals surface area contributed by atoms with Gasteiger partial charge in [-0.15, -0.1) is 0 Å². The van der Waals surface area contributed by atoms with E-state index in [4.69, 9.17) is 4.52 Å². The summed E-state index contributed by atoms with van der Waals surface area (Å²) in [5, 5.41) is 9.70. The lowest BCUT2D eigenvalue weighted by molar-refractivity contribution is -0.120. The smallest absolute Gasteiger partial charge is 0.226 e. The molecular formula is C19H24N4O3. The minimum absolute atomic E-state index is 0.0496. The third kappa shape index (κ3) is 5.68. The van der Waals surface area contributed by atoms with Crippen LogP contribution in [0.5, 0.6) is 0 Å². The van der Waals surface area contributed by atoms with Gasteiger partial charge in [0.25, 0.3) is 0 Å². The maximum Gasteiger partial charge on any atom is 0.226 e. The summed E-state index contributed by atoms with van der Waals surface area (Å²) in [6.07, 6.45) is 6.17. The van der Waals surface area contributed by atoms with Gasteiger partial charge in [-0.25, -0.2) is 0 Å². The van der Waals surface area contributed by atoms with Gasteiger partial charge < -0.3 is 15.2 Å². The lowest BCUT2D eigenvalue weighted by atomic mass is 10.1. The monoisotopic (exact) mass is 356 g/mol. The van der Waals surface area contributed by atoms with E-state index in [-0.39, 0.29) is 24.2 Å². The first-order chi connectivity index (χ1) is 12.6. The van der Waals surface area contributed by atoms with E-state index in [1.54, 1.807) is 12.4 Å². The Morgan fingerprint density at radius 1 is 1.23 bits per heavy atom. The van der Waals surface area contributed by atoms with Crippen LogP contribution in [0, 0.1) is 5.92 Å². The Hall–Kier alpha value is -2.70. The predicted octanol–water partition coefficient (Wildman–Crippen LogP) is 1.60. The highest BCUT2D eigenvalue weighted by Crippen LogP contribution is 2.40. The summed E-state index contributed by atoms with van der Waals surface area (Å²) in [7, 11) is 0. The fourth-order valence-electron chi connectivity index (χ4n) is 2.60. The first kappa shape index (κ1) is 18.1. The number of aromatic nitrogens is 2. The van der Waals surface area contributed by atoms with Crippen LogP contribution >= 0.6 is 0 Å². The van der Waals surface area contributed by atoms with Gasteiger partial charge in [0.05, 0.1) is 18.5 Å². The molecule has 0 radical (unpaired) electrons. The van der Waals surface area contributed by atoms with Crippen molar-refractivity contribution in [1.82, 2.24) is 20.8 Å². The van der Waals surface area contributed by atoms with E-state index >= 15 is 0 Å². The molecule has 7 heteroatoms. The van der Waals surface area contributed by atoms with Crippen molar-refractivity contribution in [1.29, 1.82) is 0 Å². The zero-order valence-corrected chi connectivity index (χ0v) is 14.9. The molecule has 1 fully saturated rings. The summed E-state index contributed by atoms with van der Waals surface area (Å²) in [5.74, 6) is 1.38. The molecule has 26 heavy (non-hydrogen) atoms. The number of carbonyl (C=O) groups is 2. The topological polar surface area (TPSA) is 97.1 Å². The maximum absolute atomic E-state index is 12.0. The molecule has 2 heterocycles. The molecule has 0 saturated heterocycles. The number of rotatable bonds is 9. The van der Waals surface area contributed by atoms with Gasteiger partial charge >= 0.3 is 0 Å². The molecule has 7 nitrogen and oxygen atoms in total. The molecule has 1 aliphatic rings. The molecule has 1 atom stereocenters. The number of nitrogens with zero attached hydrogens (tertiary/aromatic N) is 2. The van der Waals surface area contributed by atoms with E-state index in [1.807, 2.05) is 25.1 Å². The second-order valence-corrected chi connectivity index (χ2v) is 6.92. The van der Waals surface area contributed by atoms with E-state index in [0.717, 1.165) is 24.2 Å². The van der Waals surface area contributed by atoms with Crippen molar-refractivity contribution in [3.63, 3.8) is 0 Å². The molecule has 2 amide bonds. The minimum atomic E-state index is -0.0887. The molecule has 3 rings (SSSR count). The standard InChI is InChI=1S/C19H24N4O3/c1-13(10-21-18(24)7-14-3-2-6-20-12-14)11-22-19(25)9-16-8-17(26-23-16)15-4-5-15/h2-3,6,8,12-13,15H,4-5,7,9-11H2,1H3,(H,21,24)(H,22,25). The summed E-state index contributed by atoms with van der Waals surface area (Å²) >= 11 is 0. The molecule has 0 aromatic carbocycles. The van der Waals surface area contributed by atoms with Gasteiger partial charge in [-0.1, -0.05) is 18.1 Å². The Labute approximate surface area is 152 Å². The Balaban J connectivity index is 1.32. The number of pyridine rings is 1. The highest BCUT2D eigenvalue weighted by Gasteiger charge is 2.28. The van der Waals surface area contributed by atoms with Crippen LogP contribution in [0.1, 0.15) is 42.7 Å². The van der Waals surface area contributed by atoms with Crippen LogP contribution in [0.15, 0.2) is 35.1 Å². The quantitative estimate of drug-likeness (QED) is 0.711. The molecule has 2 aromatic rings. The summed E-state index contributed by atoms with van der Waals surface area (Å²) in [4.78, 5) is 27.9. The molecular weight excluding hydrogens is 332 g/mol. The fourth-order valence-corrected chi connectivity index (χ4v) is 2.60. The third-order valence-corrected chi connectivity index (χ3v) is 4.28. The third-order valence-electron chi connectivity index (χ3n) is 4.28. The zero-order valence-electron chi connectivity index (χ0n) is 14.9. The van der Waals surface area contributed by atoms with Crippen LogP contribution in [0.3, 0.4) is 0 Å². The lowest BCUT2D eigenvalue weighted by Gasteiger charge is -2.13. The zero-order chi connectivity index (χ0) is 18.4. The Kier molecular flexibility index (Phi) is 5.99. The molecule has 2 N–H and O–H groups in total. The van der Waals surface area contributed by atoms with Crippen molar-refractivity contribution in [3.8, 4) is 0 Å². The van der Waals surface area contributed by atoms with Crippen LogP contribution in [0.25, 0.3) is 0 Å². The Bertz CT molecular complexity index is 740.